The molecule has 0 N–H and O–H groups in total. The van der Waals surface area contributed by atoms with Crippen molar-refractivity contribution in [2.45, 2.75) is 40.0 Å². The summed E-state index contributed by atoms with van der Waals surface area (Å²) >= 11 is 0. The molecule has 0 aromatic rings. The van der Waals surface area contributed by atoms with E-state index in [1.54, 1.807) is 6.92 Å². The zero-order valence-corrected chi connectivity index (χ0v) is 8.09. The minimum Gasteiger partial charge on any atom is -0.197 e. The molecule has 0 aromatic carbocycles. The summed E-state index contributed by atoms with van der Waals surface area (Å²) in [7, 11) is 0. The lowest BCUT2D eigenvalue weighted by molar-refractivity contribution is 0.342. The van der Waals surface area contributed by atoms with E-state index in [2.05, 4.69) is 19.1 Å². The van der Waals surface area contributed by atoms with Gasteiger partial charge in [0.05, 0.1) is 12.1 Å². The van der Waals surface area contributed by atoms with Crippen molar-refractivity contribution in [2.24, 2.45) is 11.3 Å². The van der Waals surface area contributed by atoms with Crippen LogP contribution in [0.25, 0.3) is 0 Å². The SMILES string of the molecule is CCCCC(C)C(C)(C#N)C#N. The molecule has 0 saturated carbocycles. The molecular weight excluding hydrogens is 148 g/mol. The van der Waals surface area contributed by atoms with Crippen LogP contribution in [-0.4, -0.2) is 0 Å². The molecule has 0 amide bonds. The summed E-state index contributed by atoms with van der Waals surface area (Å²) in [5.74, 6) is 0.174. The van der Waals surface area contributed by atoms with Crippen molar-refractivity contribution in [1.82, 2.24) is 0 Å². The normalized spacial score (nSPS) is 13.1. The molecule has 0 aromatic heterocycles. The molecule has 0 saturated heterocycles. The highest BCUT2D eigenvalue weighted by molar-refractivity contribution is 5.12. The quantitative estimate of drug-likeness (QED) is 0.641. The minimum absolute atomic E-state index is 0.174. The fourth-order valence-corrected chi connectivity index (χ4v) is 1.04. The van der Waals surface area contributed by atoms with Crippen LogP contribution in [0.2, 0.25) is 0 Å². The first kappa shape index (κ1) is 11.0. The molecule has 0 aliphatic rings. The molecule has 0 heterocycles. The first-order valence-electron chi connectivity index (χ1n) is 4.43. The third kappa shape index (κ3) is 2.55. The van der Waals surface area contributed by atoms with Crippen LogP contribution in [0.4, 0.5) is 0 Å². The van der Waals surface area contributed by atoms with Crippen molar-refractivity contribution in [3.05, 3.63) is 0 Å². The summed E-state index contributed by atoms with van der Waals surface area (Å²) in [5.41, 5.74) is -0.796. The van der Waals surface area contributed by atoms with E-state index < -0.39 is 5.41 Å². The van der Waals surface area contributed by atoms with E-state index >= 15 is 0 Å². The van der Waals surface area contributed by atoms with Crippen molar-refractivity contribution < 1.29 is 0 Å². The van der Waals surface area contributed by atoms with Crippen molar-refractivity contribution in [2.75, 3.05) is 0 Å². The van der Waals surface area contributed by atoms with E-state index in [9.17, 15) is 0 Å². The van der Waals surface area contributed by atoms with Crippen molar-refractivity contribution >= 4 is 0 Å². The van der Waals surface area contributed by atoms with Crippen LogP contribution in [-0.2, 0) is 0 Å². The molecule has 1 atom stereocenters. The van der Waals surface area contributed by atoms with Gasteiger partial charge in [-0.05, 0) is 19.3 Å². The predicted octanol–water partition coefficient (Wildman–Crippen LogP) is 2.87. The molecule has 2 nitrogen and oxygen atoms in total. The second-order valence-corrected chi connectivity index (χ2v) is 3.47. The van der Waals surface area contributed by atoms with Gasteiger partial charge in [-0.1, -0.05) is 26.7 Å². The monoisotopic (exact) mass is 164 g/mol. The Morgan fingerprint density at radius 1 is 1.33 bits per heavy atom. The lowest BCUT2D eigenvalue weighted by Crippen LogP contribution is -2.21. The third-order valence-corrected chi connectivity index (χ3v) is 2.44. The van der Waals surface area contributed by atoms with Gasteiger partial charge >= 0.3 is 0 Å². The number of nitrogens with zero attached hydrogens (tertiary/aromatic N) is 2. The van der Waals surface area contributed by atoms with Gasteiger partial charge in [-0.15, -0.1) is 0 Å². The lowest BCUT2D eigenvalue weighted by atomic mass is 9.78. The Morgan fingerprint density at radius 2 is 1.83 bits per heavy atom. The molecule has 0 bridgehead atoms. The number of hydrogen-bond acceptors (Lipinski definition) is 2. The van der Waals surface area contributed by atoms with Crippen molar-refractivity contribution in [1.29, 1.82) is 10.5 Å². The molecule has 0 fully saturated rings. The van der Waals surface area contributed by atoms with Crippen LogP contribution in [0.3, 0.4) is 0 Å². The van der Waals surface area contributed by atoms with E-state index in [4.69, 9.17) is 10.5 Å². The maximum absolute atomic E-state index is 8.78. The Labute approximate surface area is 74.8 Å². The highest BCUT2D eigenvalue weighted by atomic mass is 14.4. The molecule has 0 spiro atoms. The molecule has 12 heavy (non-hydrogen) atoms. The Morgan fingerprint density at radius 3 is 2.17 bits per heavy atom. The van der Waals surface area contributed by atoms with Crippen LogP contribution in [0.15, 0.2) is 0 Å². The number of nitriles is 2. The average molecular weight is 164 g/mol. The van der Waals surface area contributed by atoms with E-state index in [1.807, 2.05) is 6.92 Å². The highest BCUT2D eigenvalue weighted by Crippen LogP contribution is 2.29. The largest absolute Gasteiger partial charge is 0.197 e. The van der Waals surface area contributed by atoms with Crippen LogP contribution in [0, 0.1) is 34.0 Å². The Kier molecular flexibility index (Phi) is 4.37. The van der Waals surface area contributed by atoms with E-state index in [-0.39, 0.29) is 5.92 Å². The number of unbranched alkanes of at least 4 members (excludes halogenated alkanes) is 1. The van der Waals surface area contributed by atoms with Crippen LogP contribution in [0.5, 0.6) is 0 Å². The van der Waals surface area contributed by atoms with E-state index in [0.717, 1.165) is 19.3 Å². The summed E-state index contributed by atoms with van der Waals surface area (Å²) in [5, 5.41) is 17.6. The summed E-state index contributed by atoms with van der Waals surface area (Å²) < 4.78 is 0. The highest BCUT2D eigenvalue weighted by Gasteiger charge is 2.30. The van der Waals surface area contributed by atoms with Gasteiger partial charge in [0.2, 0.25) is 0 Å². The topological polar surface area (TPSA) is 47.6 Å². The smallest absolute Gasteiger partial charge is 0.143 e. The second-order valence-electron chi connectivity index (χ2n) is 3.47. The molecule has 0 rings (SSSR count). The van der Waals surface area contributed by atoms with Gasteiger partial charge in [-0.2, -0.15) is 10.5 Å². The van der Waals surface area contributed by atoms with Gasteiger partial charge in [-0.25, -0.2) is 0 Å². The molecule has 0 radical (unpaired) electrons. The maximum Gasteiger partial charge on any atom is 0.143 e. The molecule has 0 aliphatic carbocycles. The molecule has 66 valence electrons. The minimum atomic E-state index is -0.796. The average Bonchev–Trinajstić information content (AvgIpc) is 2.12. The number of rotatable bonds is 4. The van der Waals surface area contributed by atoms with Crippen LogP contribution < -0.4 is 0 Å². The summed E-state index contributed by atoms with van der Waals surface area (Å²) in [6, 6.07) is 4.15. The van der Waals surface area contributed by atoms with Crippen LogP contribution in [0.1, 0.15) is 40.0 Å². The van der Waals surface area contributed by atoms with Gasteiger partial charge in [-0.3, -0.25) is 0 Å². The Hall–Kier alpha value is -1.02. The second kappa shape index (κ2) is 4.78. The van der Waals surface area contributed by atoms with Gasteiger partial charge in [0, 0.05) is 0 Å². The number of hydrogen-bond donors (Lipinski definition) is 0. The zero-order valence-electron chi connectivity index (χ0n) is 8.09. The zero-order chi connectivity index (χ0) is 9.61. The molecular formula is C10H16N2. The van der Waals surface area contributed by atoms with E-state index in [1.165, 1.54) is 0 Å². The van der Waals surface area contributed by atoms with E-state index in [0.29, 0.717) is 0 Å². The molecule has 2 heteroatoms. The van der Waals surface area contributed by atoms with Gasteiger partial charge < -0.3 is 0 Å². The summed E-state index contributed by atoms with van der Waals surface area (Å²) in [6.07, 6.45) is 3.19. The molecule has 1 unspecified atom stereocenters. The van der Waals surface area contributed by atoms with Crippen molar-refractivity contribution in [3.8, 4) is 12.1 Å². The first-order valence-corrected chi connectivity index (χ1v) is 4.43. The Bertz CT molecular complexity index is 193. The summed E-state index contributed by atoms with van der Waals surface area (Å²) in [4.78, 5) is 0. The van der Waals surface area contributed by atoms with Gasteiger partial charge in [0.25, 0.3) is 0 Å². The lowest BCUT2D eigenvalue weighted by Gasteiger charge is -2.20. The standard InChI is InChI=1S/C10H16N2/c1-4-5-6-9(2)10(3,7-11)8-12/h9H,4-6H2,1-3H3. The first-order chi connectivity index (χ1) is 5.60. The Balaban J connectivity index is 4.17. The fraction of sp³-hybridized carbons (Fsp3) is 0.800. The molecule has 0 aliphatic heterocycles. The van der Waals surface area contributed by atoms with Crippen molar-refractivity contribution in [3.63, 3.8) is 0 Å². The maximum atomic E-state index is 8.78. The summed E-state index contributed by atoms with van der Waals surface area (Å²) in [6.45, 7) is 5.80. The fourth-order valence-electron chi connectivity index (χ4n) is 1.04. The predicted molar refractivity (Wildman–Crippen MR) is 48.0 cm³/mol. The third-order valence-electron chi connectivity index (χ3n) is 2.44. The van der Waals surface area contributed by atoms with Gasteiger partial charge in [0.1, 0.15) is 5.41 Å². The van der Waals surface area contributed by atoms with Crippen LogP contribution >= 0.6 is 0 Å². The van der Waals surface area contributed by atoms with Gasteiger partial charge in [0.15, 0.2) is 0 Å².